The average Bonchev–Trinajstić information content (AvgIpc) is 2.89. The summed E-state index contributed by atoms with van der Waals surface area (Å²) in [6.07, 6.45) is 1.81. The number of nitrogens with zero attached hydrogens (tertiary/aromatic N) is 1. The van der Waals surface area contributed by atoms with Gasteiger partial charge in [-0.15, -0.1) is 11.8 Å². The van der Waals surface area contributed by atoms with Crippen LogP contribution in [0.5, 0.6) is 0 Å². The maximum atomic E-state index is 11.8. The molecule has 1 aliphatic rings. The van der Waals surface area contributed by atoms with Crippen LogP contribution in [0.3, 0.4) is 0 Å². The first-order valence-corrected chi connectivity index (χ1v) is 7.80. The Bertz CT molecular complexity index is 822. The van der Waals surface area contributed by atoms with Gasteiger partial charge in [-0.25, -0.2) is 0 Å². The zero-order valence-electron chi connectivity index (χ0n) is 11.2. The van der Waals surface area contributed by atoms with Gasteiger partial charge >= 0.3 is 0 Å². The quantitative estimate of drug-likeness (QED) is 0.724. The Morgan fingerprint density at radius 1 is 1.10 bits per heavy atom. The summed E-state index contributed by atoms with van der Waals surface area (Å²) in [7, 11) is 0. The Kier molecular flexibility index (Phi) is 2.93. The zero-order valence-corrected chi connectivity index (χ0v) is 12.0. The third-order valence-electron chi connectivity index (χ3n) is 3.70. The van der Waals surface area contributed by atoms with Crippen LogP contribution < -0.4 is 5.32 Å². The molecule has 0 saturated carbocycles. The molecule has 4 rings (SSSR count). The van der Waals surface area contributed by atoms with Crippen molar-refractivity contribution in [3.63, 3.8) is 0 Å². The van der Waals surface area contributed by atoms with Gasteiger partial charge < -0.3 is 5.32 Å². The van der Waals surface area contributed by atoms with E-state index in [1.54, 1.807) is 18.0 Å². The van der Waals surface area contributed by atoms with E-state index in [2.05, 4.69) is 45.8 Å². The third-order valence-corrected chi connectivity index (χ3v) is 4.97. The Morgan fingerprint density at radius 3 is 2.90 bits per heavy atom. The summed E-state index contributed by atoms with van der Waals surface area (Å²) < 4.78 is 0. The van der Waals surface area contributed by atoms with E-state index in [9.17, 15) is 4.79 Å². The number of anilines is 1. The van der Waals surface area contributed by atoms with Gasteiger partial charge in [-0.05, 0) is 16.3 Å². The van der Waals surface area contributed by atoms with Crippen molar-refractivity contribution in [3.05, 3.63) is 59.8 Å². The first-order chi connectivity index (χ1) is 10.3. The molecule has 104 valence electrons. The zero-order chi connectivity index (χ0) is 14.2. The van der Waals surface area contributed by atoms with Gasteiger partial charge in [0.05, 0.1) is 17.2 Å². The predicted molar refractivity (Wildman–Crippen MR) is 85.5 cm³/mol. The first-order valence-electron chi connectivity index (χ1n) is 6.75. The molecule has 2 aromatic carbocycles. The number of thioether (sulfide) groups is 1. The van der Waals surface area contributed by atoms with Crippen molar-refractivity contribution in [1.82, 2.24) is 10.2 Å². The van der Waals surface area contributed by atoms with Gasteiger partial charge in [-0.1, -0.05) is 42.5 Å². The minimum atomic E-state index is 0.00763. The van der Waals surface area contributed by atoms with E-state index in [0.29, 0.717) is 11.6 Å². The number of rotatable bonds is 1. The molecule has 21 heavy (non-hydrogen) atoms. The molecule has 0 fully saturated rings. The summed E-state index contributed by atoms with van der Waals surface area (Å²) in [5.41, 5.74) is 2.25. The number of aromatic nitrogens is 2. The maximum absolute atomic E-state index is 11.8. The number of aromatic amines is 1. The van der Waals surface area contributed by atoms with Crippen LogP contribution in [0.1, 0.15) is 16.4 Å². The Hall–Kier alpha value is -2.27. The van der Waals surface area contributed by atoms with Crippen molar-refractivity contribution >= 4 is 34.3 Å². The van der Waals surface area contributed by atoms with Crippen molar-refractivity contribution in [2.45, 2.75) is 5.25 Å². The van der Waals surface area contributed by atoms with Gasteiger partial charge in [0.15, 0.2) is 0 Å². The third kappa shape index (κ3) is 2.10. The number of amides is 1. The number of fused-ring (bicyclic) bond motifs is 2. The van der Waals surface area contributed by atoms with E-state index in [-0.39, 0.29) is 11.2 Å². The Morgan fingerprint density at radius 2 is 1.95 bits per heavy atom. The molecule has 3 aromatic rings. The van der Waals surface area contributed by atoms with E-state index >= 15 is 0 Å². The van der Waals surface area contributed by atoms with Crippen LogP contribution in [-0.4, -0.2) is 21.9 Å². The average molecular weight is 295 g/mol. The molecule has 0 aliphatic carbocycles. The Balaban J connectivity index is 1.91. The van der Waals surface area contributed by atoms with Crippen LogP contribution in [0, 0.1) is 0 Å². The highest BCUT2D eigenvalue weighted by atomic mass is 32.2. The monoisotopic (exact) mass is 295 g/mol. The van der Waals surface area contributed by atoms with E-state index < -0.39 is 0 Å². The molecule has 2 N–H and O–H groups in total. The van der Waals surface area contributed by atoms with Crippen molar-refractivity contribution in [1.29, 1.82) is 0 Å². The van der Waals surface area contributed by atoms with Crippen LogP contribution in [0.2, 0.25) is 0 Å². The van der Waals surface area contributed by atoms with E-state index in [1.165, 1.54) is 16.3 Å². The number of carbonyl (C=O) groups excluding carboxylic acids is 1. The molecule has 0 radical (unpaired) electrons. The lowest BCUT2D eigenvalue weighted by Crippen LogP contribution is -2.12. The van der Waals surface area contributed by atoms with Crippen LogP contribution in [0.15, 0.2) is 48.7 Å². The number of hydrogen-bond acceptors (Lipinski definition) is 3. The smallest absolute Gasteiger partial charge is 0.235 e. The van der Waals surface area contributed by atoms with E-state index in [4.69, 9.17) is 0 Å². The SMILES string of the molecule is O=C1CS[C@H](c2cccc3ccccc23)c2cn[nH]c2N1. The topological polar surface area (TPSA) is 57.8 Å². The molecule has 2 heterocycles. The van der Waals surface area contributed by atoms with Gasteiger partial charge in [0.2, 0.25) is 5.91 Å². The highest BCUT2D eigenvalue weighted by molar-refractivity contribution is 8.00. The molecule has 0 saturated heterocycles. The van der Waals surface area contributed by atoms with Gasteiger partial charge in [-0.3, -0.25) is 9.89 Å². The molecule has 1 amide bonds. The number of benzene rings is 2. The standard InChI is InChI=1S/C16H13N3OS/c20-14-9-21-15(13-8-17-19-16(13)18-14)12-7-3-5-10-4-1-2-6-11(10)12/h1-8,15H,9H2,(H2,17,18,19,20)/t15-/m1/s1. The summed E-state index contributed by atoms with van der Waals surface area (Å²) >= 11 is 1.64. The molecule has 1 atom stereocenters. The largest absolute Gasteiger partial charge is 0.310 e. The van der Waals surface area contributed by atoms with Gasteiger partial charge in [0, 0.05) is 5.56 Å². The molecule has 1 aliphatic heterocycles. The second kappa shape index (κ2) is 4.93. The summed E-state index contributed by atoms with van der Waals surface area (Å²) in [4.78, 5) is 11.8. The number of nitrogens with one attached hydrogen (secondary N) is 2. The second-order valence-electron chi connectivity index (χ2n) is 5.01. The summed E-state index contributed by atoms with van der Waals surface area (Å²) in [6.45, 7) is 0. The predicted octanol–water partition coefficient (Wildman–Crippen LogP) is 3.34. The summed E-state index contributed by atoms with van der Waals surface area (Å²) in [5.74, 6) is 1.16. The lowest BCUT2D eigenvalue weighted by molar-refractivity contribution is -0.113. The number of carbonyl (C=O) groups is 1. The minimum absolute atomic E-state index is 0.00763. The molecule has 4 nitrogen and oxygen atoms in total. The summed E-state index contributed by atoms with van der Waals surface area (Å²) in [6, 6.07) is 14.6. The van der Waals surface area contributed by atoms with Gasteiger partial charge in [0.25, 0.3) is 0 Å². The molecule has 5 heteroatoms. The normalized spacial score (nSPS) is 18.1. The van der Waals surface area contributed by atoms with E-state index in [0.717, 1.165) is 5.56 Å². The molecule has 1 aromatic heterocycles. The fraction of sp³-hybridized carbons (Fsp3) is 0.125. The summed E-state index contributed by atoms with van der Waals surface area (Å²) in [5, 5.41) is 12.4. The lowest BCUT2D eigenvalue weighted by atomic mass is 9.99. The van der Waals surface area contributed by atoms with Gasteiger partial charge in [0.1, 0.15) is 5.82 Å². The highest BCUT2D eigenvalue weighted by Crippen LogP contribution is 2.42. The highest BCUT2D eigenvalue weighted by Gasteiger charge is 2.26. The van der Waals surface area contributed by atoms with Gasteiger partial charge in [-0.2, -0.15) is 5.10 Å². The maximum Gasteiger partial charge on any atom is 0.235 e. The second-order valence-corrected chi connectivity index (χ2v) is 6.10. The van der Waals surface area contributed by atoms with Crippen molar-refractivity contribution in [2.75, 3.05) is 11.1 Å². The van der Waals surface area contributed by atoms with Crippen molar-refractivity contribution < 1.29 is 4.79 Å². The molecular formula is C16H13N3OS. The van der Waals surface area contributed by atoms with E-state index in [1.807, 2.05) is 12.1 Å². The lowest BCUT2D eigenvalue weighted by Gasteiger charge is -2.16. The Labute approximate surface area is 125 Å². The molecule has 0 bridgehead atoms. The molecular weight excluding hydrogens is 282 g/mol. The minimum Gasteiger partial charge on any atom is -0.310 e. The number of H-pyrrole nitrogens is 1. The van der Waals surface area contributed by atoms with Crippen LogP contribution in [0.4, 0.5) is 5.82 Å². The molecule has 0 unspecified atom stereocenters. The number of hydrogen-bond donors (Lipinski definition) is 2. The molecule has 0 spiro atoms. The van der Waals surface area contributed by atoms with Crippen molar-refractivity contribution in [3.8, 4) is 0 Å². The van der Waals surface area contributed by atoms with Crippen LogP contribution in [0.25, 0.3) is 10.8 Å². The van der Waals surface area contributed by atoms with Crippen LogP contribution in [-0.2, 0) is 4.79 Å². The fourth-order valence-electron chi connectivity index (χ4n) is 2.76. The van der Waals surface area contributed by atoms with Crippen molar-refractivity contribution in [2.24, 2.45) is 0 Å². The first kappa shape index (κ1) is 12.5. The van der Waals surface area contributed by atoms with Crippen LogP contribution >= 0.6 is 11.8 Å². The fourth-order valence-corrected chi connectivity index (χ4v) is 3.89.